The molecular formula is C16H12O6. The second-order valence-corrected chi connectivity index (χ2v) is 4.64. The zero-order valence-corrected chi connectivity index (χ0v) is 11.5. The summed E-state index contributed by atoms with van der Waals surface area (Å²) in [5, 5.41) is 29.6. The predicted octanol–water partition coefficient (Wildman–Crippen LogP) is 2.59. The van der Waals surface area contributed by atoms with Crippen molar-refractivity contribution < 1.29 is 24.5 Å². The number of phenols is 3. The smallest absolute Gasteiger partial charge is 0.203 e. The van der Waals surface area contributed by atoms with Gasteiger partial charge in [-0.15, -0.1) is 0 Å². The van der Waals surface area contributed by atoms with E-state index in [0.717, 1.165) is 6.07 Å². The molecule has 6 heteroatoms. The van der Waals surface area contributed by atoms with Gasteiger partial charge in [-0.2, -0.15) is 0 Å². The lowest BCUT2D eigenvalue weighted by molar-refractivity contribution is 0.346. The van der Waals surface area contributed by atoms with Gasteiger partial charge in [0.25, 0.3) is 0 Å². The number of hydrogen-bond acceptors (Lipinski definition) is 6. The fourth-order valence-corrected chi connectivity index (χ4v) is 2.29. The minimum absolute atomic E-state index is 0.0125. The lowest BCUT2D eigenvalue weighted by Gasteiger charge is -2.09. The molecule has 1 heterocycles. The highest BCUT2D eigenvalue weighted by Crippen LogP contribution is 2.41. The average molecular weight is 300 g/mol. The Balaban J connectivity index is 2.35. The van der Waals surface area contributed by atoms with Crippen molar-refractivity contribution in [2.75, 3.05) is 7.11 Å². The molecule has 0 unspecified atom stereocenters. The number of methoxy groups -OCH3 is 1. The molecule has 0 aliphatic rings. The van der Waals surface area contributed by atoms with Crippen molar-refractivity contribution in [3.05, 3.63) is 46.6 Å². The molecule has 0 spiro atoms. The summed E-state index contributed by atoms with van der Waals surface area (Å²) in [7, 11) is 1.26. The van der Waals surface area contributed by atoms with Gasteiger partial charge in [-0.25, -0.2) is 0 Å². The summed E-state index contributed by atoms with van der Waals surface area (Å²) < 4.78 is 10.4. The Kier molecular flexibility index (Phi) is 3.14. The SMILES string of the molecule is COc1c(O)cc2oc(-c3ccccc3O)cc(=O)c2c1O. The van der Waals surface area contributed by atoms with Crippen LogP contribution in [0.15, 0.2) is 45.6 Å². The van der Waals surface area contributed by atoms with Crippen molar-refractivity contribution in [1.29, 1.82) is 0 Å². The highest BCUT2D eigenvalue weighted by Gasteiger charge is 2.19. The Hall–Kier alpha value is -3.15. The molecule has 0 radical (unpaired) electrons. The molecule has 0 fully saturated rings. The second-order valence-electron chi connectivity index (χ2n) is 4.64. The first-order chi connectivity index (χ1) is 10.5. The van der Waals surface area contributed by atoms with E-state index in [0.29, 0.717) is 5.56 Å². The Morgan fingerprint density at radius 1 is 1.05 bits per heavy atom. The van der Waals surface area contributed by atoms with E-state index in [-0.39, 0.29) is 34.0 Å². The van der Waals surface area contributed by atoms with Crippen LogP contribution in [0.3, 0.4) is 0 Å². The first-order valence-corrected chi connectivity index (χ1v) is 6.38. The third-order valence-corrected chi connectivity index (χ3v) is 3.30. The zero-order chi connectivity index (χ0) is 15.9. The minimum Gasteiger partial charge on any atom is -0.507 e. The number of phenolic OH excluding ortho intramolecular Hbond substituents is 3. The predicted molar refractivity (Wildman–Crippen MR) is 79.5 cm³/mol. The van der Waals surface area contributed by atoms with Crippen LogP contribution in [-0.2, 0) is 0 Å². The van der Waals surface area contributed by atoms with Crippen LogP contribution in [-0.4, -0.2) is 22.4 Å². The molecule has 3 aromatic rings. The van der Waals surface area contributed by atoms with Gasteiger partial charge < -0.3 is 24.5 Å². The molecule has 112 valence electrons. The third kappa shape index (κ3) is 2.01. The number of rotatable bonds is 2. The number of benzene rings is 2. The van der Waals surface area contributed by atoms with Crippen molar-refractivity contribution in [2.24, 2.45) is 0 Å². The van der Waals surface area contributed by atoms with E-state index in [1.165, 1.54) is 19.2 Å². The monoisotopic (exact) mass is 300 g/mol. The van der Waals surface area contributed by atoms with Crippen molar-refractivity contribution in [1.82, 2.24) is 0 Å². The quantitative estimate of drug-likeness (QED) is 0.672. The number of fused-ring (bicyclic) bond motifs is 1. The van der Waals surface area contributed by atoms with E-state index in [1.54, 1.807) is 18.2 Å². The highest BCUT2D eigenvalue weighted by atomic mass is 16.5. The van der Waals surface area contributed by atoms with Gasteiger partial charge in [0.2, 0.25) is 5.75 Å². The molecule has 1 aromatic heterocycles. The van der Waals surface area contributed by atoms with Crippen LogP contribution in [0.5, 0.6) is 23.0 Å². The Bertz CT molecular complexity index is 926. The van der Waals surface area contributed by atoms with Gasteiger partial charge in [-0.1, -0.05) is 12.1 Å². The number of hydrogen-bond donors (Lipinski definition) is 3. The summed E-state index contributed by atoms with van der Waals surface area (Å²) in [6, 6.07) is 8.71. The van der Waals surface area contributed by atoms with E-state index in [1.807, 2.05) is 0 Å². The van der Waals surface area contributed by atoms with Crippen LogP contribution in [0.25, 0.3) is 22.3 Å². The van der Waals surface area contributed by atoms with Crippen molar-refractivity contribution in [2.45, 2.75) is 0 Å². The van der Waals surface area contributed by atoms with Gasteiger partial charge in [-0.05, 0) is 12.1 Å². The van der Waals surface area contributed by atoms with Crippen molar-refractivity contribution in [3.63, 3.8) is 0 Å². The van der Waals surface area contributed by atoms with Crippen LogP contribution in [0.1, 0.15) is 0 Å². The Morgan fingerprint density at radius 3 is 2.45 bits per heavy atom. The van der Waals surface area contributed by atoms with Crippen LogP contribution < -0.4 is 10.2 Å². The molecule has 22 heavy (non-hydrogen) atoms. The lowest BCUT2D eigenvalue weighted by Crippen LogP contribution is -2.02. The van der Waals surface area contributed by atoms with Gasteiger partial charge in [-0.3, -0.25) is 4.79 Å². The number of para-hydroxylation sites is 1. The van der Waals surface area contributed by atoms with Gasteiger partial charge in [0.05, 0.1) is 12.7 Å². The van der Waals surface area contributed by atoms with E-state index in [2.05, 4.69) is 0 Å². The summed E-state index contributed by atoms with van der Waals surface area (Å²) in [4.78, 5) is 12.2. The van der Waals surface area contributed by atoms with E-state index in [9.17, 15) is 20.1 Å². The highest BCUT2D eigenvalue weighted by molar-refractivity contribution is 5.89. The molecule has 3 rings (SSSR count). The maximum Gasteiger partial charge on any atom is 0.203 e. The molecule has 0 aliphatic heterocycles. The number of ether oxygens (including phenoxy) is 1. The zero-order valence-electron chi connectivity index (χ0n) is 11.5. The topological polar surface area (TPSA) is 100 Å². The first kappa shape index (κ1) is 13.8. The second kappa shape index (κ2) is 5.00. The molecular weight excluding hydrogens is 288 g/mol. The van der Waals surface area contributed by atoms with Crippen molar-refractivity contribution >= 4 is 11.0 Å². The van der Waals surface area contributed by atoms with E-state index < -0.39 is 11.2 Å². The molecule has 2 aromatic carbocycles. The molecule has 0 bridgehead atoms. The largest absolute Gasteiger partial charge is 0.507 e. The van der Waals surface area contributed by atoms with Gasteiger partial charge >= 0.3 is 0 Å². The van der Waals surface area contributed by atoms with Crippen molar-refractivity contribution in [3.8, 4) is 34.3 Å². The lowest BCUT2D eigenvalue weighted by atomic mass is 10.1. The summed E-state index contributed by atoms with van der Waals surface area (Å²) in [6.45, 7) is 0. The van der Waals surface area contributed by atoms with Gasteiger partial charge in [0, 0.05) is 12.1 Å². The van der Waals surface area contributed by atoms with Gasteiger partial charge in [0.15, 0.2) is 16.9 Å². The fourth-order valence-electron chi connectivity index (χ4n) is 2.29. The first-order valence-electron chi connectivity index (χ1n) is 6.38. The molecule has 0 atom stereocenters. The van der Waals surface area contributed by atoms with Gasteiger partial charge in [0.1, 0.15) is 22.5 Å². The molecule has 0 saturated heterocycles. The van der Waals surface area contributed by atoms with Crippen LogP contribution in [0.2, 0.25) is 0 Å². The van der Waals surface area contributed by atoms with Crippen LogP contribution in [0, 0.1) is 0 Å². The summed E-state index contributed by atoms with van der Waals surface area (Å²) in [6.07, 6.45) is 0. The number of aromatic hydroxyl groups is 3. The minimum atomic E-state index is -0.518. The molecule has 0 aliphatic carbocycles. The van der Waals surface area contributed by atoms with Crippen LogP contribution >= 0.6 is 0 Å². The average Bonchev–Trinajstić information content (AvgIpc) is 2.47. The Morgan fingerprint density at radius 2 is 1.77 bits per heavy atom. The summed E-state index contributed by atoms with van der Waals surface area (Å²) in [5.41, 5.74) is -0.201. The maximum absolute atomic E-state index is 12.2. The summed E-state index contributed by atoms with van der Waals surface area (Å²) >= 11 is 0. The molecule has 0 saturated carbocycles. The third-order valence-electron chi connectivity index (χ3n) is 3.30. The normalized spacial score (nSPS) is 10.8. The molecule has 3 N–H and O–H groups in total. The molecule has 0 amide bonds. The van der Waals surface area contributed by atoms with E-state index in [4.69, 9.17) is 9.15 Å². The van der Waals surface area contributed by atoms with E-state index >= 15 is 0 Å². The molecule has 6 nitrogen and oxygen atoms in total. The summed E-state index contributed by atoms with van der Waals surface area (Å²) in [5.74, 6) is -0.971. The Labute approximate surface area is 124 Å². The fraction of sp³-hybridized carbons (Fsp3) is 0.0625. The standard InChI is InChI=1S/C16H12O6/c1-21-16-11(19)7-13-14(15(16)20)10(18)6-12(22-13)8-4-2-3-5-9(8)17/h2-7,17,19-20H,1H3. The maximum atomic E-state index is 12.2. The van der Waals surface area contributed by atoms with Crippen LogP contribution in [0.4, 0.5) is 0 Å².